The lowest BCUT2D eigenvalue weighted by Crippen LogP contribution is -2.04. The van der Waals surface area contributed by atoms with Crippen LogP contribution >= 0.6 is 0 Å². The molecule has 0 atom stereocenters. The fourth-order valence-electron chi connectivity index (χ4n) is 2.19. The van der Waals surface area contributed by atoms with Crippen molar-refractivity contribution < 1.29 is 14.3 Å². The third kappa shape index (κ3) is 2.50. The first-order chi connectivity index (χ1) is 9.29. The molecule has 1 heterocycles. The number of carbonyl (C=O) groups is 1. The third-order valence-electron chi connectivity index (χ3n) is 3.49. The lowest BCUT2D eigenvalue weighted by molar-refractivity contribution is 0.0711. The number of rotatable bonds is 5. The van der Waals surface area contributed by atoms with Crippen molar-refractivity contribution in [2.75, 3.05) is 6.61 Å². The van der Waals surface area contributed by atoms with Gasteiger partial charge in [0.15, 0.2) is 0 Å². The minimum Gasteiger partial charge on any atom is -0.492 e. The fraction of sp³-hybridized carbons (Fsp3) is 0.438. The molecule has 0 bridgehead atoms. The first-order valence-corrected chi connectivity index (χ1v) is 6.98. The summed E-state index contributed by atoms with van der Waals surface area (Å²) in [5, 5.41) is 0. The number of esters is 1. The second-order valence-corrected chi connectivity index (χ2v) is 5.18. The fourth-order valence-corrected chi connectivity index (χ4v) is 2.19. The number of hydrogen-bond donors (Lipinski definition) is 0. The number of unbranched alkanes of at least 4 members (excludes halogenated alkanes) is 1. The Bertz CT molecular complexity index is 527. The van der Waals surface area contributed by atoms with E-state index in [1.165, 1.54) is 12.8 Å². The summed E-state index contributed by atoms with van der Waals surface area (Å²) >= 11 is 0. The van der Waals surface area contributed by atoms with E-state index >= 15 is 0 Å². The number of cyclic esters (lactones) is 1. The van der Waals surface area contributed by atoms with Crippen LogP contribution in [0, 0.1) is 5.92 Å². The highest BCUT2D eigenvalue weighted by Gasteiger charge is 2.31. The van der Waals surface area contributed by atoms with Gasteiger partial charge in [0.25, 0.3) is 0 Å². The molecule has 0 unspecified atom stereocenters. The highest BCUT2D eigenvalue weighted by molar-refractivity contribution is 6.05. The Labute approximate surface area is 113 Å². The monoisotopic (exact) mass is 258 g/mol. The second-order valence-electron chi connectivity index (χ2n) is 5.18. The van der Waals surface area contributed by atoms with Gasteiger partial charge in [0.2, 0.25) is 0 Å². The van der Waals surface area contributed by atoms with Crippen LogP contribution in [0.15, 0.2) is 24.3 Å². The summed E-state index contributed by atoms with van der Waals surface area (Å²) in [4.78, 5) is 12.0. The molecule has 0 aromatic heterocycles. The number of ether oxygens (including phenoxy) is 2. The van der Waals surface area contributed by atoms with Gasteiger partial charge in [-0.15, -0.1) is 0 Å². The predicted molar refractivity (Wildman–Crippen MR) is 73.0 cm³/mol. The topological polar surface area (TPSA) is 35.5 Å². The maximum atomic E-state index is 12.0. The molecule has 0 radical (unpaired) electrons. The van der Waals surface area contributed by atoms with Gasteiger partial charge in [-0.25, -0.2) is 4.79 Å². The molecule has 1 saturated carbocycles. The summed E-state index contributed by atoms with van der Waals surface area (Å²) in [5.41, 5.74) is 1.46. The van der Waals surface area contributed by atoms with Crippen molar-refractivity contribution in [1.82, 2.24) is 0 Å². The zero-order valence-electron chi connectivity index (χ0n) is 11.1. The lowest BCUT2D eigenvalue weighted by atomic mass is 10.1. The van der Waals surface area contributed by atoms with Crippen LogP contribution in [0.25, 0.3) is 5.76 Å². The third-order valence-corrected chi connectivity index (χ3v) is 3.49. The largest absolute Gasteiger partial charge is 0.492 e. The van der Waals surface area contributed by atoms with E-state index in [2.05, 4.69) is 6.92 Å². The van der Waals surface area contributed by atoms with Crippen LogP contribution in [0.2, 0.25) is 0 Å². The highest BCUT2D eigenvalue weighted by atomic mass is 16.5. The summed E-state index contributed by atoms with van der Waals surface area (Å²) in [6, 6.07) is 5.69. The van der Waals surface area contributed by atoms with Crippen molar-refractivity contribution in [1.29, 1.82) is 0 Å². The van der Waals surface area contributed by atoms with Gasteiger partial charge in [-0.1, -0.05) is 25.5 Å². The van der Waals surface area contributed by atoms with E-state index in [1.807, 2.05) is 24.3 Å². The molecule has 0 amide bonds. The number of carbonyl (C=O) groups excluding carboxylic acids is 1. The molecule has 1 aliphatic carbocycles. The molecule has 2 aliphatic rings. The Kier molecular flexibility index (Phi) is 3.28. The predicted octanol–water partition coefficient (Wildman–Crippen LogP) is 3.79. The molecule has 0 saturated heterocycles. The van der Waals surface area contributed by atoms with Crippen molar-refractivity contribution in [2.45, 2.75) is 32.6 Å². The number of hydrogen-bond acceptors (Lipinski definition) is 3. The van der Waals surface area contributed by atoms with Gasteiger partial charge in [0, 0.05) is 5.56 Å². The Hall–Kier alpha value is -1.77. The van der Waals surface area contributed by atoms with Crippen LogP contribution in [0.5, 0.6) is 5.75 Å². The van der Waals surface area contributed by atoms with Gasteiger partial charge in [-0.05, 0) is 37.3 Å². The van der Waals surface area contributed by atoms with E-state index in [1.54, 1.807) is 0 Å². The van der Waals surface area contributed by atoms with E-state index in [0.29, 0.717) is 29.6 Å². The standard InChI is InChI=1S/C16H18O3/c1-2-3-6-13-12-5-4-7-14(15(12)16(17)19-13)18-10-11-8-9-11/h4-7,11H,2-3,8-10H2,1H3/b13-6-. The molecule has 100 valence electrons. The maximum absolute atomic E-state index is 12.0. The minimum atomic E-state index is -0.288. The van der Waals surface area contributed by atoms with Crippen LogP contribution in [0.3, 0.4) is 0 Å². The van der Waals surface area contributed by atoms with Gasteiger partial charge in [0.1, 0.15) is 17.1 Å². The van der Waals surface area contributed by atoms with Crippen LogP contribution in [-0.2, 0) is 4.74 Å². The van der Waals surface area contributed by atoms with Crippen LogP contribution in [0.1, 0.15) is 48.5 Å². The lowest BCUT2D eigenvalue weighted by Gasteiger charge is -2.07. The second kappa shape index (κ2) is 5.08. The molecular formula is C16H18O3. The van der Waals surface area contributed by atoms with Crippen LogP contribution in [-0.4, -0.2) is 12.6 Å². The minimum absolute atomic E-state index is 0.288. The Morgan fingerprint density at radius 1 is 1.42 bits per heavy atom. The van der Waals surface area contributed by atoms with E-state index in [-0.39, 0.29) is 5.97 Å². The molecule has 1 fully saturated rings. The van der Waals surface area contributed by atoms with Crippen molar-refractivity contribution in [3.05, 3.63) is 35.4 Å². The summed E-state index contributed by atoms with van der Waals surface area (Å²) in [6.07, 6.45) is 6.40. The zero-order chi connectivity index (χ0) is 13.2. The van der Waals surface area contributed by atoms with E-state index < -0.39 is 0 Å². The van der Waals surface area contributed by atoms with Crippen molar-refractivity contribution in [2.24, 2.45) is 5.92 Å². The molecule has 0 N–H and O–H groups in total. The molecule has 3 nitrogen and oxygen atoms in total. The molecule has 0 spiro atoms. The van der Waals surface area contributed by atoms with E-state index in [9.17, 15) is 4.79 Å². The Morgan fingerprint density at radius 3 is 3.00 bits per heavy atom. The smallest absolute Gasteiger partial charge is 0.348 e. The normalized spacial score (nSPS) is 19.4. The average Bonchev–Trinajstić information content (AvgIpc) is 3.19. The van der Waals surface area contributed by atoms with Gasteiger partial charge in [0.05, 0.1) is 6.61 Å². The van der Waals surface area contributed by atoms with Crippen LogP contribution in [0.4, 0.5) is 0 Å². The molecule has 19 heavy (non-hydrogen) atoms. The first kappa shape index (κ1) is 12.3. The quantitative estimate of drug-likeness (QED) is 0.754. The number of fused-ring (bicyclic) bond motifs is 1. The SMILES string of the molecule is CCC/C=C1\OC(=O)c2c(OCC3CC3)cccc21. The number of benzene rings is 1. The number of allylic oxidation sites excluding steroid dienone is 1. The van der Waals surface area contributed by atoms with Crippen LogP contribution < -0.4 is 4.74 Å². The Balaban J connectivity index is 1.87. The van der Waals surface area contributed by atoms with Crippen molar-refractivity contribution in [3.63, 3.8) is 0 Å². The molecular weight excluding hydrogens is 240 g/mol. The maximum Gasteiger partial charge on any atom is 0.348 e. The van der Waals surface area contributed by atoms with E-state index in [4.69, 9.17) is 9.47 Å². The molecule has 1 aromatic carbocycles. The summed E-state index contributed by atoms with van der Waals surface area (Å²) < 4.78 is 11.1. The summed E-state index contributed by atoms with van der Waals surface area (Å²) in [7, 11) is 0. The summed E-state index contributed by atoms with van der Waals surface area (Å²) in [5.74, 6) is 1.72. The Morgan fingerprint density at radius 2 is 2.26 bits per heavy atom. The van der Waals surface area contributed by atoms with Gasteiger partial charge >= 0.3 is 5.97 Å². The summed E-state index contributed by atoms with van der Waals surface area (Å²) in [6.45, 7) is 2.81. The van der Waals surface area contributed by atoms with E-state index in [0.717, 1.165) is 18.4 Å². The molecule has 1 aromatic rings. The molecule has 3 rings (SSSR count). The van der Waals surface area contributed by atoms with Gasteiger partial charge in [-0.3, -0.25) is 0 Å². The van der Waals surface area contributed by atoms with Gasteiger partial charge in [-0.2, -0.15) is 0 Å². The van der Waals surface area contributed by atoms with Crippen molar-refractivity contribution >= 4 is 11.7 Å². The molecule has 1 aliphatic heterocycles. The highest BCUT2D eigenvalue weighted by Crippen LogP contribution is 2.37. The average molecular weight is 258 g/mol. The molecule has 3 heteroatoms. The first-order valence-electron chi connectivity index (χ1n) is 6.98. The van der Waals surface area contributed by atoms with Crippen molar-refractivity contribution in [3.8, 4) is 5.75 Å². The zero-order valence-corrected chi connectivity index (χ0v) is 11.1. The van der Waals surface area contributed by atoms with Gasteiger partial charge < -0.3 is 9.47 Å².